The molecule has 0 saturated carbocycles. The summed E-state index contributed by atoms with van der Waals surface area (Å²) in [4.78, 5) is 0.850. The molecule has 1 aliphatic carbocycles. The topological polar surface area (TPSA) is 46.0 Å². The van der Waals surface area contributed by atoms with E-state index in [9.17, 15) is 5.11 Å². The van der Waals surface area contributed by atoms with Crippen LogP contribution in [0.4, 0.5) is 0 Å². The van der Waals surface area contributed by atoms with Crippen molar-refractivity contribution in [3.63, 3.8) is 0 Å². The second-order valence-electron chi connectivity index (χ2n) is 4.51. The zero-order valence-electron chi connectivity index (χ0n) is 9.68. The first-order valence-electron chi connectivity index (χ1n) is 5.84. The van der Waals surface area contributed by atoms with Gasteiger partial charge in [-0.15, -0.1) is 5.10 Å². The lowest BCUT2D eigenvalue weighted by molar-refractivity contribution is 0.223. The molecule has 0 aliphatic heterocycles. The Balaban J connectivity index is 1.97. The van der Waals surface area contributed by atoms with Gasteiger partial charge in [-0.1, -0.05) is 22.7 Å². The molecule has 2 aromatic rings. The highest BCUT2D eigenvalue weighted by molar-refractivity contribution is 7.05. The van der Waals surface area contributed by atoms with Crippen molar-refractivity contribution in [2.24, 2.45) is 0 Å². The van der Waals surface area contributed by atoms with Crippen LogP contribution in [0.3, 0.4) is 0 Å². The highest BCUT2D eigenvalue weighted by Gasteiger charge is 2.19. The van der Waals surface area contributed by atoms with Gasteiger partial charge < -0.3 is 5.11 Å². The van der Waals surface area contributed by atoms with Crippen LogP contribution in [-0.4, -0.2) is 14.7 Å². The lowest BCUT2D eigenvalue weighted by atomic mass is 10.0. The van der Waals surface area contributed by atoms with Gasteiger partial charge in [0, 0.05) is 0 Å². The highest BCUT2D eigenvalue weighted by atomic mass is 32.1. The Morgan fingerprint density at radius 2 is 2.12 bits per heavy atom. The Morgan fingerprint density at radius 3 is 2.88 bits per heavy atom. The SMILES string of the molecule is Cc1nnsc1C(O)c1ccc2c(c1)CCC2. The Kier molecular flexibility index (Phi) is 2.68. The Hall–Kier alpha value is -1.26. The summed E-state index contributed by atoms with van der Waals surface area (Å²) in [6, 6.07) is 6.30. The number of benzene rings is 1. The van der Waals surface area contributed by atoms with Crippen LogP contribution in [-0.2, 0) is 12.8 Å². The molecule has 1 aromatic carbocycles. The Bertz CT molecular complexity index is 550. The van der Waals surface area contributed by atoms with E-state index < -0.39 is 6.10 Å². The molecule has 0 spiro atoms. The molecule has 1 aliphatic rings. The normalized spacial score (nSPS) is 15.9. The molecule has 1 unspecified atom stereocenters. The molecule has 0 radical (unpaired) electrons. The van der Waals surface area contributed by atoms with Crippen LogP contribution >= 0.6 is 11.5 Å². The van der Waals surface area contributed by atoms with Gasteiger partial charge in [0.2, 0.25) is 0 Å². The molecule has 1 aromatic heterocycles. The number of hydrogen-bond acceptors (Lipinski definition) is 4. The molecular weight excluding hydrogens is 232 g/mol. The van der Waals surface area contributed by atoms with E-state index >= 15 is 0 Å². The lowest BCUT2D eigenvalue weighted by Gasteiger charge is -2.10. The third-order valence-corrected chi connectivity index (χ3v) is 4.25. The fourth-order valence-corrected chi connectivity index (χ4v) is 3.06. The summed E-state index contributed by atoms with van der Waals surface area (Å²) in [5.41, 5.74) is 4.60. The third-order valence-electron chi connectivity index (χ3n) is 3.37. The molecule has 1 atom stereocenters. The van der Waals surface area contributed by atoms with E-state index in [1.807, 2.05) is 13.0 Å². The van der Waals surface area contributed by atoms with Gasteiger partial charge in [-0.3, -0.25) is 0 Å². The molecule has 3 nitrogen and oxygen atoms in total. The fraction of sp³-hybridized carbons (Fsp3) is 0.385. The summed E-state index contributed by atoms with van der Waals surface area (Å²) in [6.45, 7) is 1.88. The summed E-state index contributed by atoms with van der Waals surface area (Å²) in [5.74, 6) is 0. The number of nitrogens with zero attached hydrogens (tertiary/aromatic N) is 2. The minimum absolute atomic E-state index is 0.583. The smallest absolute Gasteiger partial charge is 0.117 e. The zero-order valence-corrected chi connectivity index (χ0v) is 10.5. The van der Waals surface area contributed by atoms with Crippen molar-refractivity contribution < 1.29 is 5.11 Å². The monoisotopic (exact) mass is 246 g/mol. The van der Waals surface area contributed by atoms with Gasteiger partial charge in [-0.05, 0) is 54.4 Å². The van der Waals surface area contributed by atoms with Gasteiger partial charge in [0.25, 0.3) is 0 Å². The maximum absolute atomic E-state index is 10.3. The standard InChI is InChI=1S/C13H14N2OS/c1-8-13(17-15-14-8)12(16)11-6-5-9-3-2-4-10(9)7-11/h5-7,12,16H,2-4H2,1H3. The number of aliphatic hydroxyl groups excluding tert-OH is 1. The van der Waals surface area contributed by atoms with Crippen molar-refractivity contribution >= 4 is 11.5 Å². The predicted molar refractivity (Wildman–Crippen MR) is 67.2 cm³/mol. The summed E-state index contributed by atoms with van der Waals surface area (Å²) in [5, 5.41) is 14.3. The van der Waals surface area contributed by atoms with Crippen LogP contribution in [0.1, 0.15) is 39.8 Å². The summed E-state index contributed by atoms with van der Waals surface area (Å²) in [7, 11) is 0. The molecule has 0 saturated heterocycles. The van der Waals surface area contributed by atoms with Crippen molar-refractivity contribution in [1.29, 1.82) is 0 Å². The molecular formula is C13H14N2OS. The van der Waals surface area contributed by atoms with Crippen LogP contribution in [0.2, 0.25) is 0 Å². The number of hydrogen-bond donors (Lipinski definition) is 1. The molecule has 4 heteroatoms. The lowest BCUT2D eigenvalue weighted by Crippen LogP contribution is -2.00. The third kappa shape index (κ3) is 1.87. The molecule has 3 rings (SSSR count). The van der Waals surface area contributed by atoms with Gasteiger partial charge >= 0.3 is 0 Å². The fourth-order valence-electron chi connectivity index (χ4n) is 2.40. The van der Waals surface area contributed by atoms with E-state index in [-0.39, 0.29) is 0 Å². The van der Waals surface area contributed by atoms with Gasteiger partial charge in [0.15, 0.2) is 0 Å². The highest BCUT2D eigenvalue weighted by Crippen LogP contribution is 2.30. The maximum Gasteiger partial charge on any atom is 0.117 e. The van der Waals surface area contributed by atoms with E-state index in [0.29, 0.717) is 0 Å². The van der Waals surface area contributed by atoms with E-state index in [1.54, 1.807) is 0 Å². The Morgan fingerprint density at radius 1 is 1.29 bits per heavy atom. The first-order chi connectivity index (χ1) is 8.25. The number of fused-ring (bicyclic) bond motifs is 1. The van der Waals surface area contributed by atoms with Crippen molar-refractivity contribution in [2.45, 2.75) is 32.3 Å². The first kappa shape index (κ1) is 10.9. The molecule has 17 heavy (non-hydrogen) atoms. The van der Waals surface area contributed by atoms with Crippen molar-refractivity contribution in [1.82, 2.24) is 9.59 Å². The summed E-state index contributed by atoms with van der Waals surface area (Å²) in [6.07, 6.45) is 2.96. The van der Waals surface area contributed by atoms with Gasteiger partial charge in [-0.2, -0.15) is 0 Å². The van der Waals surface area contributed by atoms with E-state index in [2.05, 4.69) is 21.7 Å². The summed E-state index contributed by atoms with van der Waals surface area (Å²) >= 11 is 1.27. The van der Waals surface area contributed by atoms with Gasteiger partial charge in [0.1, 0.15) is 6.10 Å². The second kappa shape index (κ2) is 4.20. The largest absolute Gasteiger partial charge is 0.383 e. The van der Waals surface area contributed by atoms with Crippen molar-refractivity contribution in [2.75, 3.05) is 0 Å². The minimum atomic E-state index is -0.583. The number of aliphatic hydroxyl groups is 1. The number of rotatable bonds is 2. The molecule has 1 N–H and O–H groups in total. The van der Waals surface area contributed by atoms with Crippen LogP contribution in [0.25, 0.3) is 0 Å². The quantitative estimate of drug-likeness (QED) is 0.885. The molecule has 88 valence electrons. The second-order valence-corrected chi connectivity index (χ2v) is 5.29. The van der Waals surface area contributed by atoms with Crippen LogP contribution < -0.4 is 0 Å². The zero-order chi connectivity index (χ0) is 11.8. The van der Waals surface area contributed by atoms with E-state index in [1.165, 1.54) is 35.5 Å². The first-order valence-corrected chi connectivity index (χ1v) is 6.61. The molecule has 0 bridgehead atoms. The van der Waals surface area contributed by atoms with Crippen molar-refractivity contribution in [3.8, 4) is 0 Å². The number of aromatic nitrogens is 2. The van der Waals surface area contributed by atoms with Crippen LogP contribution in [0.5, 0.6) is 0 Å². The van der Waals surface area contributed by atoms with E-state index in [4.69, 9.17) is 0 Å². The van der Waals surface area contributed by atoms with E-state index in [0.717, 1.165) is 22.6 Å². The predicted octanol–water partition coefficient (Wildman–Crippen LogP) is 2.42. The summed E-state index contributed by atoms with van der Waals surface area (Å²) < 4.78 is 3.87. The number of aryl methyl sites for hydroxylation is 3. The Labute approximate surface area is 104 Å². The van der Waals surface area contributed by atoms with Crippen molar-refractivity contribution in [3.05, 3.63) is 45.5 Å². The maximum atomic E-state index is 10.3. The average Bonchev–Trinajstić information content (AvgIpc) is 2.95. The molecule has 0 fully saturated rings. The van der Waals surface area contributed by atoms with Gasteiger partial charge in [-0.25, -0.2) is 0 Å². The van der Waals surface area contributed by atoms with Crippen LogP contribution in [0, 0.1) is 6.92 Å². The molecule has 0 amide bonds. The minimum Gasteiger partial charge on any atom is -0.383 e. The van der Waals surface area contributed by atoms with Gasteiger partial charge in [0.05, 0.1) is 10.6 Å². The average molecular weight is 246 g/mol. The van der Waals surface area contributed by atoms with Crippen LogP contribution in [0.15, 0.2) is 18.2 Å². The molecule has 1 heterocycles.